The number of H-pyrrole nitrogens is 1. The van der Waals surface area contributed by atoms with Crippen molar-refractivity contribution in [1.82, 2.24) is 10.2 Å². The summed E-state index contributed by atoms with van der Waals surface area (Å²) in [5, 5.41) is 13.0. The van der Waals surface area contributed by atoms with E-state index in [0.29, 0.717) is 5.69 Å². The number of aryl methyl sites for hydroxylation is 2. The van der Waals surface area contributed by atoms with E-state index in [4.69, 9.17) is 11.6 Å². The number of aromatic amines is 1. The van der Waals surface area contributed by atoms with Crippen molar-refractivity contribution in [3.63, 3.8) is 0 Å². The number of nitrogens with zero attached hydrogens (tertiary/aromatic N) is 2. The molecule has 4 rings (SSSR count). The Morgan fingerprint density at radius 2 is 2.04 bits per heavy atom. The average Bonchev–Trinajstić information content (AvgIpc) is 3.01. The Labute approximate surface area is 143 Å². The third kappa shape index (κ3) is 2.37. The van der Waals surface area contributed by atoms with Gasteiger partial charge in [-0.1, -0.05) is 41.9 Å². The number of halogens is 1. The first-order chi connectivity index (χ1) is 11.6. The minimum atomic E-state index is -0.445. The fourth-order valence-corrected chi connectivity index (χ4v) is 3.36. The van der Waals surface area contributed by atoms with Gasteiger partial charge in [-0.05, 0) is 41.7 Å². The Balaban J connectivity index is 1.75. The summed E-state index contributed by atoms with van der Waals surface area (Å²) in [6.07, 6.45) is 3.63. The predicted molar refractivity (Wildman–Crippen MR) is 97.1 cm³/mol. The smallest absolute Gasteiger partial charge is 0.275 e. The van der Waals surface area contributed by atoms with Crippen molar-refractivity contribution in [3.8, 4) is 0 Å². The highest BCUT2D eigenvalue weighted by Gasteiger charge is 2.16. The van der Waals surface area contributed by atoms with Gasteiger partial charge in [-0.15, -0.1) is 0 Å². The molecule has 0 bridgehead atoms. The zero-order valence-electron chi connectivity index (χ0n) is 13.1. The molecular weight excluding hydrogens is 324 g/mol. The molecule has 2 aromatic carbocycles. The Kier molecular flexibility index (Phi) is 3.58. The molecule has 0 aliphatic heterocycles. The zero-order valence-corrected chi connectivity index (χ0v) is 13.8. The van der Waals surface area contributed by atoms with Gasteiger partial charge < -0.3 is 0 Å². The molecule has 120 valence electrons. The van der Waals surface area contributed by atoms with E-state index in [-0.39, 0.29) is 5.02 Å². The van der Waals surface area contributed by atoms with E-state index in [1.807, 2.05) is 6.92 Å². The van der Waals surface area contributed by atoms with Crippen LogP contribution in [0.25, 0.3) is 10.8 Å². The van der Waals surface area contributed by atoms with Crippen molar-refractivity contribution in [2.24, 2.45) is 5.10 Å². The SMILES string of the molecule is CC(=NNc1cn[nH]c(=O)c1Cl)c1ccc2c3c(cccc13)CC2. The van der Waals surface area contributed by atoms with Crippen molar-refractivity contribution >= 4 is 33.8 Å². The monoisotopic (exact) mass is 338 g/mol. The van der Waals surface area contributed by atoms with Gasteiger partial charge in [-0.25, -0.2) is 5.10 Å². The van der Waals surface area contributed by atoms with Gasteiger partial charge in [-0.3, -0.25) is 10.2 Å². The van der Waals surface area contributed by atoms with Crippen molar-refractivity contribution in [2.45, 2.75) is 19.8 Å². The molecule has 0 atom stereocenters. The topological polar surface area (TPSA) is 70.1 Å². The van der Waals surface area contributed by atoms with Crippen molar-refractivity contribution < 1.29 is 0 Å². The van der Waals surface area contributed by atoms with E-state index < -0.39 is 5.56 Å². The lowest BCUT2D eigenvalue weighted by Crippen LogP contribution is -2.10. The summed E-state index contributed by atoms with van der Waals surface area (Å²) in [5.74, 6) is 0. The molecule has 24 heavy (non-hydrogen) atoms. The lowest BCUT2D eigenvalue weighted by atomic mass is 9.98. The molecule has 0 saturated heterocycles. The summed E-state index contributed by atoms with van der Waals surface area (Å²) in [7, 11) is 0. The van der Waals surface area contributed by atoms with Gasteiger partial charge in [0.15, 0.2) is 0 Å². The van der Waals surface area contributed by atoms with E-state index in [2.05, 4.69) is 51.1 Å². The van der Waals surface area contributed by atoms with Gasteiger partial charge in [0.2, 0.25) is 0 Å². The summed E-state index contributed by atoms with van der Waals surface area (Å²) in [4.78, 5) is 11.5. The number of benzene rings is 2. The number of anilines is 1. The highest BCUT2D eigenvalue weighted by molar-refractivity contribution is 6.32. The van der Waals surface area contributed by atoms with Crippen LogP contribution in [0.2, 0.25) is 5.02 Å². The molecule has 0 unspecified atom stereocenters. The summed E-state index contributed by atoms with van der Waals surface area (Å²) in [5.41, 5.74) is 7.45. The van der Waals surface area contributed by atoms with Crippen LogP contribution in [0.4, 0.5) is 5.69 Å². The van der Waals surface area contributed by atoms with Crippen LogP contribution in [-0.4, -0.2) is 15.9 Å². The van der Waals surface area contributed by atoms with Gasteiger partial charge in [0.05, 0.1) is 11.9 Å². The molecule has 6 heteroatoms. The molecule has 0 amide bonds. The van der Waals surface area contributed by atoms with Gasteiger partial charge in [0.25, 0.3) is 5.56 Å². The van der Waals surface area contributed by atoms with E-state index in [0.717, 1.165) is 24.1 Å². The third-order valence-corrected chi connectivity index (χ3v) is 4.78. The molecule has 3 aromatic rings. The van der Waals surface area contributed by atoms with Gasteiger partial charge >= 0.3 is 0 Å². The van der Waals surface area contributed by atoms with E-state index in [1.165, 1.54) is 28.1 Å². The second kappa shape index (κ2) is 5.76. The second-order valence-electron chi connectivity index (χ2n) is 5.85. The fourth-order valence-electron chi connectivity index (χ4n) is 3.23. The maximum atomic E-state index is 11.5. The van der Waals surface area contributed by atoms with Gasteiger partial charge in [0, 0.05) is 5.56 Å². The number of nitrogens with one attached hydrogen (secondary N) is 2. The lowest BCUT2D eigenvalue weighted by Gasteiger charge is -2.09. The third-order valence-electron chi connectivity index (χ3n) is 4.41. The Hall–Kier alpha value is -2.66. The number of rotatable bonds is 3. The second-order valence-corrected chi connectivity index (χ2v) is 6.23. The van der Waals surface area contributed by atoms with Crippen LogP contribution in [0.15, 0.2) is 46.4 Å². The standard InChI is InChI=1S/C18H15ClN4O/c1-10(21-22-15-9-20-23-18(24)17(15)19)13-8-7-12-6-5-11-3-2-4-14(13)16(11)12/h2-4,7-9H,5-6H2,1H3,(H2,22,23,24). The maximum Gasteiger partial charge on any atom is 0.285 e. The highest BCUT2D eigenvalue weighted by Crippen LogP contribution is 2.33. The number of hydrazone groups is 1. The van der Waals surface area contributed by atoms with Crippen LogP contribution >= 0.6 is 11.6 Å². The Morgan fingerprint density at radius 1 is 1.25 bits per heavy atom. The first-order valence-corrected chi connectivity index (χ1v) is 8.10. The molecular formula is C18H15ClN4O. The zero-order chi connectivity index (χ0) is 16.7. The maximum absolute atomic E-state index is 11.5. The van der Waals surface area contributed by atoms with Gasteiger partial charge in [-0.2, -0.15) is 10.2 Å². The molecule has 0 radical (unpaired) electrons. The molecule has 5 nitrogen and oxygen atoms in total. The Bertz CT molecular complexity index is 1030. The highest BCUT2D eigenvalue weighted by atomic mass is 35.5. The predicted octanol–water partition coefficient (Wildman–Crippen LogP) is 3.51. The quantitative estimate of drug-likeness (QED) is 0.567. The van der Waals surface area contributed by atoms with Crippen molar-refractivity contribution in [1.29, 1.82) is 0 Å². The minimum Gasteiger partial charge on any atom is -0.275 e. The number of hydrogen-bond acceptors (Lipinski definition) is 4. The molecule has 1 aromatic heterocycles. The van der Waals surface area contributed by atoms with Crippen LogP contribution in [0.1, 0.15) is 23.6 Å². The fraction of sp³-hybridized carbons (Fsp3) is 0.167. The summed E-state index contributed by atoms with van der Waals surface area (Å²) >= 11 is 5.95. The molecule has 1 aliphatic carbocycles. The van der Waals surface area contributed by atoms with E-state index in [1.54, 1.807) is 0 Å². The molecule has 1 heterocycles. The van der Waals surface area contributed by atoms with Crippen LogP contribution in [0, 0.1) is 0 Å². The van der Waals surface area contributed by atoms with Crippen molar-refractivity contribution in [3.05, 3.63) is 68.6 Å². The first-order valence-electron chi connectivity index (χ1n) is 7.72. The van der Waals surface area contributed by atoms with E-state index in [9.17, 15) is 4.79 Å². The number of aromatic nitrogens is 2. The molecule has 0 saturated carbocycles. The van der Waals surface area contributed by atoms with Gasteiger partial charge in [0.1, 0.15) is 10.7 Å². The van der Waals surface area contributed by atoms with Crippen LogP contribution in [0.3, 0.4) is 0 Å². The van der Waals surface area contributed by atoms with E-state index >= 15 is 0 Å². The number of hydrogen-bond donors (Lipinski definition) is 2. The lowest BCUT2D eigenvalue weighted by molar-refractivity contribution is 0.987. The minimum absolute atomic E-state index is 0.0435. The van der Waals surface area contributed by atoms with Crippen molar-refractivity contribution in [2.75, 3.05) is 5.43 Å². The molecule has 0 fully saturated rings. The molecule has 1 aliphatic rings. The molecule has 0 spiro atoms. The van der Waals surface area contributed by atoms with Crippen LogP contribution in [-0.2, 0) is 12.8 Å². The Morgan fingerprint density at radius 3 is 2.88 bits per heavy atom. The van der Waals surface area contributed by atoms with Crippen LogP contribution < -0.4 is 11.0 Å². The summed E-state index contributed by atoms with van der Waals surface area (Å²) in [6.45, 7) is 1.93. The average molecular weight is 339 g/mol. The largest absolute Gasteiger partial charge is 0.285 e. The summed E-state index contributed by atoms with van der Waals surface area (Å²) in [6, 6.07) is 10.7. The molecule has 2 N–H and O–H groups in total. The van der Waals surface area contributed by atoms with Crippen LogP contribution in [0.5, 0.6) is 0 Å². The first kappa shape index (κ1) is 14.9. The normalized spacial score (nSPS) is 13.5. The summed E-state index contributed by atoms with van der Waals surface area (Å²) < 4.78 is 0.